The van der Waals surface area contributed by atoms with Crippen molar-refractivity contribution >= 4 is 5.69 Å². The van der Waals surface area contributed by atoms with Crippen LogP contribution in [0.5, 0.6) is 5.88 Å². The predicted octanol–water partition coefficient (Wildman–Crippen LogP) is 2.80. The van der Waals surface area contributed by atoms with E-state index in [0.717, 1.165) is 51.1 Å². The van der Waals surface area contributed by atoms with Crippen LogP contribution in [0.3, 0.4) is 0 Å². The van der Waals surface area contributed by atoms with Gasteiger partial charge < -0.3 is 15.8 Å². The maximum absolute atomic E-state index is 5.51. The summed E-state index contributed by atoms with van der Waals surface area (Å²) in [6.07, 6.45) is 7.46. The summed E-state index contributed by atoms with van der Waals surface area (Å²) < 4.78 is 5.51. The topological polar surface area (TPSA) is 60.2 Å². The zero-order chi connectivity index (χ0) is 13.1. The second-order valence-corrected chi connectivity index (χ2v) is 4.36. The predicted molar refractivity (Wildman–Crippen MR) is 76.0 cm³/mol. The van der Waals surface area contributed by atoms with Gasteiger partial charge in [-0.3, -0.25) is 0 Å². The third-order valence-electron chi connectivity index (χ3n) is 2.69. The van der Waals surface area contributed by atoms with Crippen molar-refractivity contribution in [3.63, 3.8) is 0 Å². The quantitative estimate of drug-likeness (QED) is 0.628. The highest BCUT2D eigenvalue weighted by Gasteiger charge is 1.96. The number of rotatable bonds is 10. The Labute approximate surface area is 110 Å². The van der Waals surface area contributed by atoms with E-state index in [1.807, 2.05) is 18.3 Å². The molecule has 102 valence electrons. The van der Waals surface area contributed by atoms with Crippen molar-refractivity contribution in [1.82, 2.24) is 4.98 Å². The Hall–Kier alpha value is -1.29. The highest BCUT2D eigenvalue weighted by atomic mass is 16.5. The number of aromatic nitrogens is 1. The highest BCUT2D eigenvalue weighted by molar-refractivity contribution is 5.41. The molecule has 1 heterocycles. The van der Waals surface area contributed by atoms with Gasteiger partial charge in [-0.25, -0.2) is 4.98 Å². The smallest absolute Gasteiger partial charge is 0.213 e. The number of hydrogen-bond acceptors (Lipinski definition) is 4. The van der Waals surface area contributed by atoms with Gasteiger partial charge in [0.25, 0.3) is 0 Å². The molecular weight excluding hydrogens is 226 g/mol. The van der Waals surface area contributed by atoms with Crippen molar-refractivity contribution in [1.29, 1.82) is 0 Å². The molecule has 1 rings (SSSR count). The lowest BCUT2D eigenvalue weighted by Gasteiger charge is -2.07. The SMILES string of the molecule is CCCCOc1ccc(NCCCCCN)cn1. The standard InChI is InChI=1S/C14H25N3O/c1-2-3-11-18-14-8-7-13(12-17-14)16-10-6-4-5-9-15/h7-8,12,16H,2-6,9-11,15H2,1H3. The van der Waals surface area contributed by atoms with Crippen LogP contribution in [-0.4, -0.2) is 24.7 Å². The van der Waals surface area contributed by atoms with Crippen LogP contribution in [0, 0.1) is 0 Å². The van der Waals surface area contributed by atoms with Gasteiger partial charge in [0.2, 0.25) is 5.88 Å². The van der Waals surface area contributed by atoms with Crippen LogP contribution >= 0.6 is 0 Å². The fraction of sp³-hybridized carbons (Fsp3) is 0.643. The van der Waals surface area contributed by atoms with E-state index in [2.05, 4.69) is 17.2 Å². The fourth-order valence-corrected chi connectivity index (χ4v) is 1.57. The largest absolute Gasteiger partial charge is 0.478 e. The third-order valence-corrected chi connectivity index (χ3v) is 2.69. The van der Waals surface area contributed by atoms with Crippen molar-refractivity contribution in [3.05, 3.63) is 18.3 Å². The molecular formula is C14H25N3O. The fourth-order valence-electron chi connectivity index (χ4n) is 1.57. The van der Waals surface area contributed by atoms with E-state index < -0.39 is 0 Å². The van der Waals surface area contributed by atoms with Crippen molar-refractivity contribution < 1.29 is 4.74 Å². The van der Waals surface area contributed by atoms with E-state index in [9.17, 15) is 0 Å². The molecule has 0 unspecified atom stereocenters. The molecule has 0 atom stereocenters. The Morgan fingerprint density at radius 1 is 1.22 bits per heavy atom. The van der Waals surface area contributed by atoms with Gasteiger partial charge in [-0.05, 0) is 31.9 Å². The summed E-state index contributed by atoms with van der Waals surface area (Å²) >= 11 is 0. The normalized spacial score (nSPS) is 10.3. The molecule has 0 bridgehead atoms. The Morgan fingerprint density at radius 2 is 2.11 bits per heavy atom. The summed E-state index contributed by atoms with van der Waals surface area (Å²) in [5.74, 6) is 0.706. The lowest BCUT2D eigenvalue weighted by Crippen LogP contribution is -2.04. The first kappa shape index (κ1) is 14.8. The lowest BCUT2D eigenvalue weighted by molar-refractivity contribution is 0.298. The van der Waals surface area contributed by atoms with Crippen molar-refractivity contribution in [2.24, 2.45) is 5.73 Å². The number of nitrogens with one attached hydrogen (secondary N) is 1. The second kappa shape index (κ2) is 9.71. The molecule has 0 aliphatic heterocycles. The van der Waals surface area contributed by atoms with Gasteiger partial charge >= 0.3 is 0 Å². The molecule has 0 fully saturated rings. The molecule has 0 radical (unpaired) electrons. The van der Waals surface area contributed by atoms with E-state index in [1.165, 1.54) is 6.42 Å². The lowest BCUT2D eigenvalue weighted by atomic mass is 10.2. The third kappa shape index (κ3) is 6.45. The zero-order valence-corrected chi connectivity index (χ0v) is 11.3. The number of anilines is 1. The molecule has 0 spiro atoms. The van der Waals surface area contributed by atoms with Crippen molar-refractivity contribution in [2.75, 3.05) is 25.0 Å². The van der Waals surface area contributed by atoms with Crippen LogP contribution in [-0.2, 0) is 0 Å². The molecule has 4 nitrogen and oxygen atoms in total. The van der Waals surface area contributed by atoms with E-state index in [-0.39, 0.29) is 0 Å². The van der Waals surface area contributed by atoms with Crippen LogP contribution in [0.25, 0.3) is 0 Å². The number of pyridine rings is 1. The van der Waals surface area contributed by atoms with Gasteiger partial charge in [0, 0.05) is 12.6 Å². The molecule has 4 heteroatoms. The summed E-state index contributed by atoms with van der Waals surface area (Å²) in [5.41, 5.74) is 6.49. The maximum atomic E-state index is 5.51. The molecule has 0 aliphatic carbocycles. The maximum Gasteiger partial charge on any atom is 0.213 e. The van der Waals surface area contributed by atoms with Crippen LogP contribution < -0.4 is 15.8 Å². The Morgan fingerprint density at radius 3 is 2.78 bits per heavy atom. The van der Waals surface area contributed by atoms with Gasteiger partial charge in [-0.15, -0.1) is 0 Å². The minimum Gasteiger partial charge on any atom is -0.478 e. The van der Waals surface area contributed by atoms with E-state index in [0.29, 0.717) is 5.88 Å². The van der Waals surface area contributed by atoms with Gasteiger partial charge in [-0.2, -0.15) is 0 Å². The van der Waals surface area contributed by atoms with Crippen LogP contribution in [0.2, 0.25) is 0 Å². The second-order valence-electron chi connectivity index (χ2n) is 4.36. The molecule has 0 amide bonds. The summed E-state index contributed by atoms with van der Waals surface area (Å²) in [6.45, 7) is 4.65. The molecule has 0 saturated heterocycles. The van der Waals surface area contributed by atoms with Crippen LogP contribution in [0.15, 0.2) is 18.3 Å². The molecule has 0 aromatic carbocycles. The average molecular weight is 251 g/mol. The van der Waals surface area contributed by atoms with Gasteiger partial charge in [-0.1, -0.05) is 19.8 Å². The minimum atomic E-state index is 0.706. The number of nitrogens with zero attached hydrogens (tertiary/aromatic N) is 1. The monoisotopic (exact) mass is 251 g/mol. The molecule has 1 aromatic rings. The first-order valence-electron chi connectivity index (χ1n) is 6.89. The van der Waals surface area contributed by atoms with Crippen LogP contribution in [0.4, 0.5) is 5.69 Å². The summed E-state index contributed by atoms with van der Waals surface area (Å²) in [7, 11) is 0. The number of nitrogens with two attached hydrogens (primary N) is 1. The summed E-state index contributed by atoms with van der Waals surface area (Å²) in [5, 5.41) is 3.34. The van der Waals surface area contributed by atoms with E-state index >= 15 is 0 Å². The number of hydrogen-bond donors (Lipinski definition) is 2. The Balaban J connectivity index is 2.19. The minimum absolute atomic E-state index is 0.706. The Bertz CT molecular complexity index is 300. The first-order chi connectivity index (χ1) is 8.86. The molecule has 1 aromatic heterocycles. The molecule has 0 aliphatic rings. The average Bonchev–Trinajstić information content (AvgIpc) is 2.40. The summed E-state index contributed by atoms with van der Waals surface area (Å²) in [4.78, 5) is 4.26. The van der Waals surface area contributed by atoms with Gasteiger partial charge in [0.1, 0.15) is 0 Å². The zero-order valence-electron chi connectivity index (χ0n) is 11.3. The van der Waals surface area contributed by atoms with E-state index in [1.54, 1.807) is 0 Å². The Kier molecular flexibility index (Phi) is 7.97. The van der Waals surface area contributed by atoms with Crippen molar-refractivity contribution in [2.45, 2.75) is 39.0 Å². The van der Waals surface area contributed by atoms with Gasteiger partial charge in [0.05, 0.1) is 18.5 Å². The first-order valence-corrected chi connectivity index (χ1v) is 6.89. The molecule has 3 N–H and O–H groups in total. The van der Waals surface area contributed by atoms with E-state index in [4.69, 9.17) is 10.5 Å². The molecule has 18 heavy (non-hydrogen) atoms. The van der Waals surface area contributed by atoms with Crippen LogP contribution in [0.1, 0.15) is 39.0 Å². The number of unbranched alkanes of at least 4 members (excludes halogenated alkanes) is 3. The number of ether oxygens (including phenoxy) is 1. The van der Waals surface area contributed by atoms with Gasteiger partial charge in [0.15, 0.2) is 0 Å². The van der Waals surface area contributed by atoms with Crippen molar-refractivity contribution in [3.8, 4) is 5.88 Å². The highest BCUT2D eigenvalue weighted by Crippen LogP contribution is 2.12. The summed E-state index contributed by atoms with van der Waals surface area (Å²) in [6, 6.07) is 3.93. The molecule has 0 saturated carbocycles.